The summed E-state index contributed by atoms with van der Waals surface area (Å²) in [5, 5.41) is 12.1. The molecule has 19 heavy (non-hydrogen) atoms. The first kappa shape index (κ1) is 13.7. The zero-order valence-corrected chi connectivity index (χ0v) is 12.0. The van der Waals surface area contributed by atoms with Gasteiger partial charge >= 0.3 is 0 Å². The van der Waals surface area contributed by atoms with Crippen molar-refractivity contribution in [2.45, 2.75) is 19.8 Å². The maximum absolute atomic E-state index is 11.3. The molecule has 5 heteroatoms. The predicted octanol–water partition coefficient (Wildman–Crippen LogP) is 3.97. The van der Waals surface area contributed by atoms with Crippen molar-refractivity contribution in [2.75, 3.05) is 0 Å². The van der Waals surface area contributed by atoms with Crippen molar-refractivity contribution in [3.05, 3.63) is 39.2 Å². The third-order valence-corrected chi connectivity index (χ3v) is 4.09. The number of carbonyl (C=O) groups is 1. The molecule has 1 atom stereocenters. The molecule has 1 aromatic carbocycles. The topological polar surface area (TPSA) is 53.8 Å². The second-order valence-corrected chi connectivity index (χ2v) is 5.50. The monoisotopic (exact) mass is 290 g/mol. The van der Waals surface area contributed by atoms with Crippen LogP contribution in [-0.4, -0.2) is 10.8 Å². The number of thiazole rings is 1. The fourth-order valence-corrected chi connectivity index (χ4v) is 2.72. The highest BCUT2D eigenvalue weighted by Crippen LogP contribution is 2.29. The van der Waals surface area contributed by atoms with E-state index >= 15 is 0 Å². The lowest BCUT2D eigenvalue weighted by Crippen LogP contribution is -2.05. The summed E-state index contributed by atoms with van der Waals surface area (Å²) in [6.07, 6.45) is 0. The molecule has 0 amide bonds. The molecule has 0 bridgehead atoms. The molecule has 3 nitrogen and oxygen atoms in total. The van der Waals surface area contributed by atoms with Crippen molar-refractivity contribution < 1.29 is 4.79 Å². The predicted molar refractivity (Wildman–Crippen MR) is 76.3 cm³/mol. The smallest absolute Gasteiger partial charge is 0.156 e. The Morgan fingerprint density at radius 2 is 2.26 bits per heavy atom. The number of benzene rings is 1. The van der Waals surface area contributed by atoms with E-state index in [1.54, 1.807) is 0 Å². The van der Waals surface area contributed by atoms with Crippen LogP contribution in [0.3, 0.4) is 0 Å². The normalized spacial score (nSPS) is 11.9. The molecule has 2 aromatic rings. The largest absolute Gasteiger partial charge is 0.298 e. The number of nitrogens with zero attached hydrogens (tertiary/aromatic N) is 2. The number of Topliss-reactive ketones (excluding diaryl/α,β-unsaturated/α-hetero) is 1. The minimum atomic E-state index is -0.771. The lowest BCUT2D eigenvalue weighted by Gasteiger charge is -2.02. The summed E-state index contributed by atoms with van der Waals surface area (Å²) in [4.78, 5) is 15.7. The minimum Gasteiger partial charge on any atom is -0.298 e. The number of hydrogen-bond acceptors (Lipinski definition) is 4. The molecular formula is C14H11ClN2OS. The summed E-state index contributed by atoms with van der Waals surface area (Å²) in [6.45, 7) is 3.33. The maximum atomic E-state index is 11.3. The van der Waals surface area contributed by atoms with E-state index < -0.39 is 5.92 Å². The molecule has 0 aliphatic rings. The zero-order valence-electron chi connectivity index (χ0n) is 10.5. The number of carbonyl (C=O) groups excluding carboxylic acids is 1. The van der Waals surface area contributed by atoms with Crippen molar-refractivity contribution in [1.29, 1.82) is 5.26 Å². The van der Waals surface area contributed by atoms with Crippen LogP contribution in [0.1, 0.15) is 23.4 Å². The Hall–Kier alpha value is -1.70. The van der Waals surface area contributed by atoms with Gasteiger partial charge in [0.25, 0.3) is 0 Å². The molecule has 0 aliphatic carbocycles. The molecule has 1 aromatic heterocycles. The third-order valence-electron chi connectivity index (χ3n) is 2.76. The van der Waals surface area contributed by atoms with Gasteiger partial charge in [-0.1, -0.05) is 17.7 Å². The van der Waals surface area contributed by atoms with Crippen molar-refractivity contribution in [2.24, 2.45) is 0 Å². The standard InChI is InChI=1S/C14H11ClN2OS/c1-8-5-10(3-4-12(8)15)13-7-19-14(17-13)11(6-16)9(2)18/h3-5,7,11H,1-2H3/t11-/m0/s1. The Bertz CT molecular complexity index is 672. The van der Waals surface area contributed by atoms with Gasteiger partial charge in [-0.3, -0.25) is 4.79 Å². The van der Waals surface area contributed by atoms with Crippen LogP contribution in [0.25, 0.3) is 11.3 Å². The van der Waals surface area contributed by atoms with Gasteiger partial charge < -0.3 is 0 Å². The van der Waals surface area contributed by atoms with E-state index in [1.165, 1.54) is 18.3 Å². The molecule has 0 radical (unpaired) electrons. The van der Waals surface area contributed by atoms with Gasteiger partial charge in [0.2, 0.25) is 0 Å². The average molecular weight is 291 g/mol. The molecule has 0 saturated heterocycles. The second-order valence-electron chi connectivity index (χ2n) is 4.21. The molecule has 1 heterocycles. The Morgan fingerprint density at radius 3 is 2.84 bits per heavy atom. The third kappa shape index (κ3) is 2.83. The maximum Gasteiger partial charge on any atom is 0.156 e. The molecule has 96 valence electrons. The highest BCUT2D eigenvalue weighted by molar-refractivity contribution is 7.10. The molecular weight excluding hydrogens is 280 g/mol. The van der Waals surface area contributed by atoms with Gasteiger partial charge in [-0.15, -0.1) is 11.3 Å². The fraction of sp³-hybridized carbons (Fsp3) is 0.214. The lowest BCUT2D eigenvalue weighted by molar-refractivity contribution is -0.117. The number of ketones is 1. The number of aryl methyl sites for hydroxylation is 1. The van der Waals surface area contributed by atoms with Crippen LogP contribution in [0.5, 0.6) is 0 Å². The second kappa shape index (κ2) is 5.52. The Kier molecular flexibility index (Phi) is 3.98. The highest BCUT2D eigenvalue weighted by Gasteiger charge is 2.20. The SMILES string of the molecule is CC(=O)[C@H](C#N)c1nc(-c2ccc(Cl)c(C)c2)cs1. The van der Waals surface area contributed by atoms with Gasteiger partial charge in [-0.05, 0) is 31.5 Å². The van der Waals surface area contributed by atoms with Crippen LogP contribution in [0.15, 0.2) is 23.6 Å². The lowest BCUT2D eigenvalue weighted by atomic mass is 10.1. The highest BCUT2D eigenvalue weighted by atomic mass is 35.5. The van der Waals surface area contributed by atoms with Crippen LogP contribution in [0.4, 0.5) is 0 Å². The molecule has 0 aliphatic heterocycles. The summed E-state index contributed by atoms with van der Waals surface area (Å²) in [7, 11) is 0. The van der Waals surface area contributed by atoms with E-state index in [1.807, 2.05) is 36.6 Å². The van der Waals surface area contributed by atoms with Crippen LogP contribution < -0.4 is 0 Å². The van der Waals surface area contributed by atoms with Crippen LogP contribution in [-0.2, 0) is 4.79 Å². The molecule has 2 rings (SSSR count). The quantitative estimate of drug-likeness (QED) is 0.859. The first-order valence-corrected chi connectivity index (χ1v) is 6.90. The summed E-state index contributed by atoms with van der Waals surface area (Å²) in [6, 6.07) is 7.62. The Morgan fingerprint density at radius 1 is 1.53 bits per heavy atom. The van der Waals surface area contributed by atoms with Crippen molar-refractivity contribution in [3.8, 4) is 17.3 Å². The number of hydrogen-bond donors (Lipinski definition) is 0. The van der Waals surface area contributed by atoms with E-state index in [9.17, 15) is 4.79 Å². The van der Waals surface area contributed by atoms with E-state index in [4.69, 9.17) is 16.9 Å². The summed E-state index contributed by atoms with van der Waals surface area (Å²) >= 11 is 7.31. The van der Waals surface area contributed by atoms with Gasteiger partial charge in [-0.25, -0.2) is 4.98 Å². The zero-order chi connectivity index (χ0) is 14.0. The van der Waals surface area contributed by atoms with Crippen molar-refractivity contribution in [1.82, 2.24) is 4.98 Å². The van der Waals surface area contributed by atoms with E-state index in [0.717, 1.165) is 16.8 Å². The molecule has 0 saturated carbocycles. The van der Waals surface area contributed by atoms with Crippen LogP contribution in [0, 0.1) is 18.3 Å². The average Bonchev–Trinajstić information content (AvgIpc) is 2.82. The van der Waals surface area contributed by atoms with E-state index in [2.05, 4.69) is 4.98 Å². The van der Waals surface area contributed by atoms with E-state index in [0.29, 0.717) is 10.0 Å². The van der Waals surface area contributed by atoms with Crippen molar-refractivity contribution in [3.63, 3.8) is 0 Å². The number of rotatable bonds is 3. The van der Waals surface area contributed by atoms with Gasteiger partial charge in [0, 0.05) is 16.0 Å². The molecule has 0 unspecified atom stereocenters. The first-order chi connectivity index (χ1) is 9.02. The van der Waals surface area contributed by atoms with E-state index in [-0.39, 0.29) is 5.78 Å². The summed E-state index contributed by atoms with van der Waals surface area (Å²) in [5.74, 6) is -0.956. The summed E-state index contributed by atoms with van der Waals surface area (Å²) in [5.41, 5.74) is 2.67. The number of halogens is 1. The van der Waals surface area contributed by atoms with Crippen LogP contribution >= 0.6 is 22.9 Å². The molecule has 0 fully saturated rings. The summed E-state index contributed by atoms with van der Waals surface area (Å²) < 4.78 is 0. The Labute approximate surface area is 120 Å². The van der Waals surface area contributed by atoms with Crippen LogP contribution in [0.2, 0.25) is 5.02 Å². The number of aromatic nitrogens is 1. The Balaban J connectivity index is 2.38. The van der Waals surface area contributed by atoms with Gasteiger partial charge in [0.15, 0.2) is 11.7 Å². The fourth-order valence-electron chi connectivity index (χ4n) is 1.68. The van der Waals surface area contributed by atoms with Gasteiger partial charge in [0.1, 0.15) is 5.01 Å². The molecule has 0 spiro atoms. The van der Waals surface area contributed by atoms with Gasteiger partial charge in [-0.2, -0.15) is 5.26 Å². The molecule has 0 N–H and O–H groups in total. The minimum absolute atomic E-state index is 0.185. The first-order valence-electron chi connectivity index (χ1n) is 5.65. The van der Waals surface area contributed by atoms with Gasteiger partial charge in [0.05, 0.1) is 11.8 Å². The van der Waals surface area contributed by atoms with Crippen molar-refractivity contribution >= 4 is 28.7 Å². The number of nitriles is 1.